The van der Waals surface area contributed by atoms with Crippen LogP contribution < -0.4 is 5.73 Å². The minimum absolute atomic E-state index is 0.203. The van der Waals surface area contributed by atoms with Gasteiger partial charge in [-0.25, -0.2) is 39.0 Å². The van der Waals surface area contributed by atoms with Crippen LogP contribution in [0.4, 0.5) is 11.6 Å². The van der Waals surface area contributed by atoms with Crippen LogP contribution in [0.1, 0.15) is 26.3 Å². The van der Waals surface area contributed by atoms with Crippen molar-refractivity contribution in [3.05, 3.63) is 31.4 Å². The Morgan fingerprint density at radius 3 is 2.09 bits per heavy atom. The van der Waals surface area contributed by atoms with Crippen molar-refractivity contribution in [3.8, 4) is 11.5 Å². The maximum atomic E-state index is 13.7. The number of aryl methyl sites for hydroxylation is 1. The summed E-state index contributed by atoms with van der Waals surface area (Å²) < 4.78 is 68.7. The van der Waals surface area contributed by atoms with Gasteiger partial charge in [-0.05, 0) is 6.72 Å². The van der Waals surface area contributed by atoms with E-state index in [2.05, 4.69) is 61.1 Å². The number of rotatable bonds is 4. The SMILES string of the molecule is C=Nc1c(-c2nccn2C)ncn1[C@@H]1O[C@@H]2COP(=O)(S)O[C@H]3[C@@H](C)[C@H](n4cnc5c(N)ncnc54)O[C@@H]3COP(=O)(S)O[C@H]2[C@H]1C. The fourth-order valence-electron chi connectivity index (χ4n) is 6.21. The van der Waals surface area contributed by atoms with Crippen molar-refractivity contribution in [3.63, 3.8) is 0 Å². The Labute approximate surface area is 278 Å². The molecule has 3 aliphatic rings. The van der Waals surface area contributed by atoms with Gasteiger partial charge in [0, 0.05) is 31.3 Å². The molecular formula is C25H32N10O8P2S2. The third-order valence-electron chi connectivity index (χ3n) is 8.50. The Morgan fingerprint density at radius 2 is 1.51 bits per heavy atom. The molecule has 0 amide bonds. The summed E-state index contributed by atoms with van der Waals surface area (Å²) >= 11 is 8.57. The molecule has 3 aliphatic heterocycles. The van der Waals surface area contributed by atoms with Gasteiger partial charge in [-0.1, -0.05) is 38.3 Å². The van der Waals surface area contributed by atoms with Crippen LogP contribution in [0.3, 0.4) is 0 Å². The molecule has 0 aliphatic carbocycles. The van der Waals surface area contributed by atoms with Gasteiger partial charge in [-0.15, -0.1) is 0 Å². The minimum Gasteiger partial charge on any atom is -0.382 e. The molecule has 252 valence electrons. The monoisotopic (exact) mass is 726 g/mol. The summed E-state index contributed by atoms with van der Waals surface area (Å²) in [6.07, 6.45) is 2.77. The number of ether oxygens (including phenoxy) is 2. The zero-order chi connectivity index (χ0) is 33.2. The van der Waals surface area contributed by atoms with Gasteiger partial charge in [0.2, 0.25) is 0 Å². The van der Waals surface area contributed by atoms with E-state index in [-0.39, 0.29) is 19.0 Å². The molecule has 4 aromatic rings. The number of nitrogen functional groups attached to an aromatic ring is 1. The highest BCUT2D eigenvalue weighted by Gasteiger charge is 2.52. The summed E-state index contributed by atoms with van der Waals surface area (Å²) in [6.45, 7) is -1.31. The van der Waals surface area contributed by atoms with E-state index >= 15 is 0 Å². The number of imidazole rings is 3. The first-order chi connectivity index (χ1) is 22.4. The normalized spacial score (nSPS) is 36.4. The van der Waals surface area contributed by atoms with E-state index in [0.29, 0.717) is 28.5 Å². The highest BCUT2D eigenvalue weighted by molar-refractivity contribution is 8.44. The molecule has 0 bridgehead atoms. The van der Waals surface area contributed by atoms with E-state index in [0.717, 1.165) is 0 Å². The molecular weight excluding hydrogens is 694 g/mol. The van der Waals surface area contributed by atoms with Crippen LogP contribution in [0.2, 0.25) is 0 Å². The Kier molecular flexibility index (Phi) is 8.64. The first-order valence-corrected chi connectivity index (χ1v) is 19.8. The molecule has 2 N–H and O–H groups in total. The molecule has 47 heavy (non-hydrogen) atoms. The maximum Gasteiger partial charge on any atom is 0.386 e. The van der Waals surface area contributed by atoms with Crippen LogP contribution in [0.5, 0.6) is 0 Å². The quantitative estimate of drug-likeness (QED) is 0.154. The number of hydrogen-bond donors (Lipinski definition) is 3. The smallest absolute Gasteiger partial charge is 0.382 e. The van der Waals surface area contributed by atoms with Crippen LogP contribution in [0.25, 0.3) is 22.7 Å². The first-order valence-electron chi connectivity index (χ1n) is 14.4. The standard InChI is InChI=1S/C25H32N10O8P2S2/c1-12-18-14(40-24(12)34-11-32-17(21(34)27-3)22-28-5-6-33(22)4)7-38-45(37,47)43-19-13(2)25(41-15(19)8-39-44(36,46)42-18)35-10-31-16-20(26)29-9-30-23(16)35/h5-6,9-15,18-19,24-25H,3,7-8H2,1-2,4H3,(H,36,46)(H,37,47)(H2,26,29,30)/t12-,13-,14-,15-,18+,19+,24-,25-,44?,45?/m1/s1. The first kappa shape index (κ1) is 32.9. The molecule has 22 heteroatoms. The van der Waals surface area contributed by atoms with Crippen LogP contribution in [0.15, 0.2) is 36.4 Å². The zero-order valence-corrected chi connectivity index (χ0v) is 28.9. The largest absolute Gasteiger partial charge is 0.386 e. The molecule has 0 aromatic carbocycles. The van der Waals surface area contributed by atoms with Gasteiger partial charge < -0.3 is 19.8 Å². The Morgan fingerprint density at radius 1 is 0.915 bits per heavy atom. The third-order valence-corrected chi connectivity index (χ3v) is 11.7. The van der Waals surface area contributed by atoms with E-state index in [1.54, 1.807) is 32.4 Å². The van der Waals surface area contributed by atoms with Crippen LogP contribution in [0, 0.1) is 11.8 Å². The average molecular weight is 727 g/mol. The molecule has 7 rings (SSSR count). The number of thiol groups is 2. The van der Waals surface area contributed by atoms with Crippen molar-refractivity contribution in [1.29, 1.82) is 0 Å². The molecule has 3 fully saturated rings. The topological polar surface area (TPSA) is 207 Å². The zero-order valence-electron chi connectivity index (χ0n) is 25.3. The third kappa shape index (κ3) is 5.98. The number of aromatic nitrogens is 8. The molecule has 0 spiro atoms. The van der Waals surface area contributed by atoms with Crippen molar-refractivity contribution < 1.29 is 36.7 Å². The lowest BCUT2D eigenvalue weighted by Crippen LogP contribution is -2.34. The number of hydrogen-bond acceptors (Lipinski definition) is 15. The molecule has 2 unspecified atom stereocenters. The van der Waals surface area contributed by atoms with E-state index in [4.69, 9.17) is 33.3 Å². The fourth-order valence-corrected chi connectivity index (χ4v) is 9.32. The summed E-state index contributed by atoms with van der Waals surface area (Å²) in [4.78, 5) is 25.6. The van der Waals surface area contributed by atoms with Gasteiger partial charge in [0.25, 0.3) is 0 Å². The molecule has 0 saturated carbocycles. The lowest BCUT2D eigenvalue weighted by molar-refractivity contribution is -0.0543. The van der Waals surface area contributed by atoms with Crippen LogP contribution in [-0.4, -0.2) is 83.0 Å². The van der Waals surface area contributed by atoms with E-state index in [9.17, 15) is 9.13 Å². The predicted molar refractivity (Wildman–Crippen MR) is 174 cm³/mol. The lowest BCUT2D eigenvalue weighted by Gasteiger charge is -2.29. The molecule has 7 heterocycles. The maximum absolute atomic E-state index is 13.7. The number of nitrogens with zero attached hydrogens (tertiary/aromatic N) is 9. The van der Waals surface area contributed by atoms with Crippen LogP contribution >= 0.6 is 38.1 Å². The molecule has 4 aromatic heterocycles. The van der Waals surface area contributed by atoms with Crippen molar-refractivity contribution in [2.75, 3.05) is 18.9 Å². The highest BCUT2D eigenvalue weighted by atomic mass is 32.7. The summed E-state index contributed by atoms with van der Waals surface area (Å²) in [7, 11) is 1.83. The van der Waals surface area contributed by atoms with Crippen molar-refractivity contribution in [2.45, 2.75) is 50.7 Å². The van der Waals surface area contributed by atoms with Crippen LogP contribution in [-0.2, 0) is 43.7 Å². The van der Waals surface area contributed by atoms with Gasteiger partial charge in [0.1, 0.15) is 48.7 Å². The predicted octanol–water partition coefficient (Wildman–Crippen LogP) is 4.00. The Hall–Kier alpha value is -2.64. The van der Waals surface area contributed by atoms with Gasteiger partial charge in [0.05, 0.1) is 25.9 Å². The molecule has 0 radical (unpaired) electrons. The number of fused-ring (bicyclic) bond motifs is 3. The van der Waals surface area contributed by atoms with Crippen molar-refractivity contribution in [2.24, 2.45) is 23.9 Å². The summed E-state index contributed by atoms with van der Waals surface area (Å²) in [5.74, 6) is 0.227. The fraction of sp³-hybridized carbons (Fsp3) is 0.520. The van der Waals surface area contributed by atoms with E-state index in [1.165, 1.54) is 12.7 Å². The Balaban J connectivity index is 1.16. The van der Waals surface area contributed by atoms with Gasteiger partial charge in [-0.2, -0.15) is 0 Å². The minimum atomic E-state index is -4.05. The average Bonchev–Trinajstić information content (AvgIpc) is 3.84. The summed E-state index contributed by atoms with van der Waals surface area (Å²) in [5.41, 5.74) is 7.27. The molecule has 3 saturated heterocycles. The number of aliphatic imine (C=N–C) groups is 1. The second kappa shape index (κ2) is 12.4. The second-order valence-corrected chi connectivity index (χ2v) is 17.2. The van der Waals surface area contributed by atoms with Gasteiger partial charge >= 0.3 is 13.6 Å². The second-order valence-electron chi connectivity index (χ2n) is 11.4. The summed E-state index contributed by atoms with van der Waals surface area (Å²) in [6, 6.07) is 0. The van der Waals surface area contributed by atoms with Crippen molar-refractivity contribution in [1.82, 2.24) is 38.6 Å². The van der Waals surface area contributed by atoms with Gasteiger partial charge in [-0.3, -0.25) is 27.2 Å². The van der Waals surface area contributed by atoms with E-state index in [1.807, 2.05) is 20.9 Å². The Bertz CT molecular complexity index is 1920. The highest BCUT2D eigenvalue weighted by Crippen LogP contribution is 2.61. The summed E-state index contributed by atoms with van der Waals surface area (Å²) in [5, 5.41) is 0. The molecule has 10 atom stereocenters. The van der Waals surface area contributed by atoms with Crippen molar-refractivity contribution >= 4 is 67.6 Å². The lowest BCUT2D eigenvalue weighted by atomic mass is 10.0. The number of nitrogens with two attached hydrogens (primary N) is 1. The van der Waals surface area contributed by atoms with E-state index < -0.39 is 62.3 Å². The van der Waals surface area contributed by atoms with Gasteiger partial charge in [0.15, 0.2) is 28.8 Å². The molecule has 18 nitrogen and oxygen atoms in total. The number of anilines is 1.